The van der Waals surface area contributed by atoms with Crippen LogP contribution in [-0.2, 0) is 0 Å². The van der Waals surface area contributed by atoms with E-state index in [-0.39, 0.29) is 0 Å². The van der Waals surface area contributed by atoms with Crippen LogP contribution in [0.25, 0.3) is 11.3 Å². The van der Waals surface area contributed by atoms with E-state index in [1.807, 2.05) is 54.6 Å². The van der Waals surface area contributed by atoms with Gasteiger partial charge in [-0.1, -0.05) is 43.7 Å². The van der Waals surface area contributed by atoms with E-state index in [0.717, 1.165) is 53.6 Å². The molecule has 2 aromatic carbocycles. The van der Waals surface area contributed by atoms with Crippen molar-refractivity contribution in [2.45, 2.75) is 19.8 Å². The van der Waals surface area contributed by atoms with Crippen LogP contribution >= 0.6 is 0 Å². The minimum absolute atomic E-state index is 0.539. The molecule has 28 heavy (non-hydrogen) atoms. The minimum Gasteiger partial charge on any atom is -0.486 e. The molecule has 2 heterocycles. The zero-order chi connectivity index (χ0) is 19.2. The fourth-order valence-corrected chi connectivity index (χ4v) is 2.99. The number of anilines is 3. The first-order chi connectivity index (χ1) is 13.8. The Kier molecular flexibility index (Phi) is 5.56. The largest absolute Gasteiger partial charge is 0.486 e. The maximum absolute atomic E-state index is 5.67. The van der Waals surface area contributed by atoms with E-state index in [4.69, 9.17) is 14.5 Å². The molecule has 0 aliphatic carbocycles. The number of benzene rings is 2. The molecule has 1 aliphatic rings. The number of nitrogens with zero attached hydrogens (tertiary/aromatic N) is 2. The van der Waals surface area contributed by atoms with Crippen LogP contribution in [0, 0.1) is 0 Å². The Bertz CT molecular complexity index is 931. The highest BCUT2D eigenvalue weighted by atomic mass is 16.6. The van der Waals surface area contributed by atoms with Crippen LogP contribution in [0.3, 0.4) is 0 Å². The lowest BCUT2D eigenvalue weighted by atomic mass is 10.1. The van der Waals surface area contributed by atoms with Gasteiger partial charge in [-0.3, -0.25) is 0 Å². The van der Waals surface area contributed by atoms with Gasteiger partial charge in [0.25, 0.3) is 0 Å². The smallest absolute Gasteiger partial charge is 0.229 e. The van der Waals surface area contributed by atoms with Crippen LogP contribution in [-0.4, -0.2) is 29.7 Å². The van der Waals surface area contributed by atoms with E-state index < -0.39 is 0 Å². The third-order valence-electron chi connectivity index (χ3n) is 4.43. The lowest BCUT2D eigenvalue weighted by Gasteiger charge is -2.19. The maximum atomic E-state index is 5.67. The van der Waals surface area contributed by atoms with Crippen LogP contribution in [0.5, 0.6) is 11.5 Å². The van der Waals surface area contributed by atoms with E-state index in [2.05, 4.69) is 22.5 Å². The number of hydrogen-bond acceptors (Lipinski definition) is 6. The predicted octanol–water partition coefficient (Wildman–Crippen LogP) is 4.87. The number of rotatable bonds is 7. The van der Waals surface area contributed by atoms with Crippen molar-refractivity contribution in [2.24, 2.45) is 0 Å². The first-order valence-electron chi connectivity index (χ1n) is 9.67. The molecule has 0 unspecified atom stereocenters. The standard InChI is InChI=1S/C22H24N4O2/c1-2-3-11-23-21-15-18(16-7-5-4-6-8-16)25-22(26-21)24-17-9-10-19-20(14-17)28-13-12-27-19/h4-10,14-15H,2-3,11-13H2,1H3,(H2,23,24,25,26). The molecule has 0 amide bonds. The van der Waals surface area contributed by atoms with Crippen molar-refractivity contribution < 1.29 is 9.47 Å². The topological polar surface area (TPSA) is 68.3 Å². The van der Waals surface area contributed by atoms with Crippen molar-refractivity contribution >= 4 is 17.5 Å². The second-order valence-corrected chi connectivity index (χ2v) is 6.59. The molecule has 2 N–H and O–H groups in total. The molecule has 1 aromatic heterocycles. The Hall–Kier alpha value is -3.28. The van der Waals surface area contributed by atoms with Crippen LogP contribution in [0.1, 0.15) is 19.8 Å². The third-order valence-corrected chi connectivity index (χ3v) is 4.43. The van der Waals surface area contributed by atoms with Gasteiger partial charge in [-0.15, -0.1) is 0 Å². The van der Waals surface area contributed by atoms with Gasteiger partial charge in [0, 0.05) is 29.9 Å². The van der Waals surface area contributed by atoms with Crippen LogP contribution in [0.15, 0.2) is 54.6 Å². The summed E-state index contributed by atoms with van der Waals surface area (Å²) in [5, 5.41) is 6.69. The zero-order valence-corrected chi connectivity index (χ0v) is 15.9. The Balaban J connectivity index is 1.62. The number of hydrogen-bond donors (Lipinski definition) is 2. The molecule has 3 aromatic rings. The number of aromatic nitrogens is 2. The third kappa shape index (κ3) is 4.34. The van der Waals surface area contributed by atoms with Gasteiger partial charge >= 0.3 is 0 Å². The first-order valence-corrected chi connectivity index (χ1v) is 9.67. The molecule has 144 valence electrons. The summed E-state index contributed by atoms with van der Waals surface area (Å²) in [5.41, 5.74) is 2.78. The van der Waals surface area contributed by atoms with Crippen molar-refractivity contribution in [3.05, 3.63) is 54.6 Å². The van der Waals surface area contributed by atoms with Crippen molar-refractivity contribution in [1.29, 1.82) is 0 Å². The van der Waals surface area contributed by atoms with Gasteiger partial charge in [-0.25, -0.2) is 4.98 Å². The number of nitrogens with one attached hydrogen (secondary N) is 2. The summed E-state index contributed by atoms with van der Waals surface area (Å²) in [6.45, 7) is 4.19. The number of ether oxygens (including phenoxy) is 2. The van der Waals surface area contributed by atoms with E-state index in [0.29, 0.717) is 19.2 Å². The Labute approximate surface area is 164 Å². The summed E-state index contributed by atoms with van der Waals surface area (Å²) in [7, 11) is 0. The fourth-order valence-electron chi connectivity index (χ4n) is 2.99. The zero-order valence-electron chi connectivity index (χ0n) is 15.9. The molecule has 6 nitrogen and oxygen atoms in total. The summed E-state index contributed by atoms with van der Waals surface area (Å²) >= 11 is 0. The SMILES string of the molecule is CCCCNc1cc(-c2ccccc2)nc(Nc2ccc3c(c2)OCCO3)n1. The second-order valence-electron chi connectivity index (χ2n) is 6.59. The van der Waals surface area contributed by atoms with E-state index in [1.165, 1.54) is 0 Å². The highest BCUT2D eigenvalue weighted by molar-refractivity contribution is 5.67. The summed E-state index contributed by atoms with van der Waals surface area (Å²) in [5.74, 6) is 2.84. The Morgan fingerprint density at radius 1 is 0.929 bits per heavy atom. The Morgan fingerprint density at radius 2 is 1.75 bits per heavy atom. The lowest BCUT2D eigenvalue weighted by molar-refractivity contribution is 0.171. The molecule has 1 aliphatic heterocycles. The molecule has 0 spiro atoms. The van der Waals surface area contributed by atoms with Crippen LogP contribution in [0.2, 0.25) is 0 Å². The average molecular weight is 376 g/mol. The van der Waals surface area contributed by atoms with Gasteiger partial charge in [0.05, 0.1) is 5.69 Å². The Morgan fingerprint density at radius 3 is 2.57 bits per heavy atom. The summed E-state index contributed by atoms with van der Waals surface area (Å²) in [6, 6.07) is 17.9. The average Bonchev–Trinajstić information content (AvgIpc) is 2.74. The van der Waals surface area contributed by atoms with Gasteiger partial charge in [0.1, 0.15) is 19.0 Å². The van der Waals surface area contributed by atoms with Gasteiger partial charge in [0.15, 0.2) is 11.5 Å². The quantitative estimate of drug-likeness (QED) is 0.574. The van der Waals surface area contributed by atoms with Crippen molar-refractivity contribution in [3.63, 3.8) is 0 Å². The molecular weight excluding hydrogens is 352 g/mol. The molecule has 0 saturated heterocycles. The van der Waals surface area contributed by atoms with Crippen molar-refractivity contribution in [1.82, 2.24) is 9.97 Å². The van der Waals surface area contributed by atoms with Crippen LogP contribution in [0.4, 0.5) is 17.5 Å². The molecule has 0 atom stereocenters. The number of unbranched alkanes of at least 4 members (excludes halogenated alkanes) is 1. The monoisotopic (exact) mass is 376 g/mol. The van der Waals surface area contributed by atoms with Crippen molar-refractivity contribution in [3.8, 4) is 22.8 Å². The molecule has 0 radical (unpaired) electrons. The van der Waals surface area contributed by atoms with Gasteiger partial charge in [-0.2, -0.15) is 4.98 Å². The molecule has 6 heteroatoms. The minimum atomic E-state index is 0.539. The molecule has 0 fully saturated rings. The van der Waals surface area contributed by atoms with Crippen LogP contribution < -0.4 is 20.1 Å². The van der Waals surface area contributed by atoms with Gasteiger partial charge in [-0.05, 0) is 18.6 Å². The molecule has 0 saturated carbocycles. The summed E-state index contributed by atoms with van der Waals surface area (Å²) in [6.07, 6.45) is 2.22. The highest BCUT2D eigenvalue weighted by Crippen LogP contribution is 2.33. The molecular formula is C22H24N4O2. The lowest BCUT2D eigenvalue weighted by Crippen LogP contribution is -2.15. The van der Waals surface area contributed by atoms with E-state index in [1.54, 1.807) is 0 Å². The molecule has 4 rings (SSSR count). The first kappa shape index (κ1) is 18.1. The summed E-state index contributed by atoms with van der Waals surface area (Å²) in [4.78, 5) is 9.34. The summed E-state index contributed by atoms with van der Waals surface area (Å²) < 4.78 is 11.3. The van der Waals surface area contributed by atoms with Gasteiger partial charge < -0.3 is 20.1 Å². The van der Waals surface area contributed by atoms with E-state index >= 15 is 0 Å². The number of fused-ring (bicyclic) bond motifs is 1. The highest BCUT2D eigenvalue weighted by Gasteiger charge is 2.13. The van der Waals surface area contributed by atoms with E-state index in [9.17, 15) is 0 Å². The normalized spacial score (nSPS) is 12.5. The van der Waals surface area contributed by atoms with Gasteiger partial charge in [0.2, 0.25) is 5.95 Å². The fraction of sp³-hybridized carbons (Fsp3) is 0.273. The molecule has 0 bridgehead atoms. The predicted molar refractivity (Wildman–Crippen MR) is 112 cm³/mol. The maximum Gasteiger partial charge on any atom is 0.229 e. The van der Waals surface area contributed by atoms with Crippen molar-refractivity contribution in [2.75, 3.05) is 30.4 Å². The second kappa shape index (κ2) is 8.61.